The Labute approximate surface area is 134 Å². The lowest BCUT2D eigenvalue weighted by Crippen LogP contribution is -2.64. The summed E-state index contributed by atoms with van der Waals surface area (Å²) in [6.45, 7) is 0. The second-order valence-electron chi connectivity index (χ2n) is 6.67. The van der Waals surface area contributed by atoms with Gasteiger partial charge < -0.3 is 15.7 Å². The molecule has 7 nitrogen and oxygen atoms in total. The fourth-order valence-electron chi connectivity index (χ4n) is 3.64. The number of nitrogens with one attached hydrogen (secondary N) is 3. The van der Waals surface area contributed by atoms with E-state index in [0.29, 0.717) is 5.56 Å². The number of aryl methyl sites for hydroxylation is 1. The third-order valence-corrected chi connectivity index (χ3v) is 5.02. The van der Waals surface area contributed by atoms with Crippen molar-refractivity contribution in [2.75, 3.05) is 0 Å². The monoisotopic (exact) mass is 320 g/mol. The van der Waals surface area contributed by atoms with Crippen LogP contribution in [0.25, 0.3) is 0 Å². The molecule has 3 rings (SSSR count). The number of piperazine rings is 1. The van der Waals surface area contributed by atoms with Crippen molar-refractivity contribution in [1.82, 2.24) is 20.4 Å². The molecule has 7 heteroatoms. The minimum atomic E-state index is -0.673. The molecule has 2 aliphatic rings. The molecule has 0 aromatic carbocycles. The van der Waals surface area contributed by atoms with Crippen LogP contribution in [0.2, 0.25) is 0 Å². The maximum absolute atomic E-state index is 12.4. The van der Waals surface area contributed by atoms with Crippen LogP contribution in [0, 0.1) is 5.92 Å². The Balaban J connectivity index is 1.67. The lowest BCUT2D eigenvalue weighted by atomic mass is 9.89. The average Bonchev–Trinajstić information content (AvgIpc) is 2.74. The van der Waals surface area contributed by atoms with Gasteiger partial charge in [-0.05, 0) is 18.8 Å². The first-order chi connectivity index (χ1) is 11.1. The van der Waals surface area contributed by atoms with Crippen LogP contribution in [0.3, 0.4) is 0 Å². The van der Waals surface area contributed by atoms with E-state index < -0.39 is 12.1 Å². The first-order valence-corrected chi connectivity index (χ1v) is 8.40. The molecule has 3 N–H and O–H groups in total. The van der Waals surface area contributed by atoms with Crippen molar-refractivity contribution in [1.29, 1.82) is 0 Å². The van der Waals surface area contributed by atoms with E-state index in [1.54, 1.807) is 13.2 Å². The maximum atomic E-state index is 12.4. The van der Waals surface area contributed by atoms with Gasteiger partial charge in [-0.3, -0.25) is 19.1 Å². The van der Waals surface area contributed by atoms with Gasteiger partial charge in [-0.2, -0.15) is 0 Å². The highest BCUT2D eigenvalue weighted by molar-refractivity contribution is 5.97. The number of carbonyl (C=O) groups is 2. The summed E-state index contributed by atoms with van der Waals surface area (Å²) < 4.78 is 1.35. The van der Waals surface area contributed by atoms with Gasteiger partial charge in [0.15, 0.2) is 0 Å². The molecular weight excluding hydrogens is 296 g/mol. The van der Waals surface area contributed by atoms with Crippen molar-refractivity contribution in [3.05, 3.63) is 22.1 Å². The van der Waals surface area contributed by atoms with Crippen LogP contribution in [0.4, 0.5) is 0 Å². The lowest BCUT2D eigenvalue weighted by molar-refractivity contribution is -0.138. The number of nitrogens with zero attached hydrogens (tertiary/aromatic N) is 1. The molecule has 1 aromatic heterocycles. The Morgan fingerprint density at radius 3 is 2.35 bits per heavy atom. The summed E-state index contributed by atoms with van der Waals surface area (Å²) in [5.41, 5.74) is 0.332. The molecule has 0 bridgehead atoms. The van der Waals surface area contributed by atoms with E-state index >= 15 is 0 Å². The van der Waals surface area contributed by atoms with Crippen LogP contribution in [-0.4, -0.2) is 33.7 Å². The van der Waals surface area contributed by atoms with E-state index in [0.717, 1.165) is 25.7 Å². The van der Waals surface area contributed by atoms with Gasteiger partial charge in [0, 0.05) is 25.2 Å². The van der Waals surface area contributed by atoms with Crippen LogP contribution in [-0.2, 0) is 23.1 Å². The second kappa shape index (κ2) is 6.60. The summed E-state index contributed by atoms with van der Waals surface area (Å²) in [7, 11) is 1.62. The van der Waals surface area contributed by atoms with E-state index in [9.17, 15) is 14.4 Å². The van der Waals surface area contributed by atoms with Crippen LogP contribution in [0.15, 0.2) is 11.0 Å². The van der Waals surface area contributed by atoms with Gasteiger partial charge in [-0.15, -0.1) is 0 Å². The standard InChI is InChI=1S/C16H24N4O3/c1-20-16(23)11(9-17-20)8-12-14(21)19-13(15(22)18-12)10-6-4-2-3-5-7-10/h9-10,12-13,17H,2-8H2,1H3,(H,18,22)(H,19,21)/t12-,13?/m0/s1. The number of aromatic nitrogens is 2. The first-order valence-electron chi connectivity index (χ1n) is 8.40. The summed E-state index contributed by atoms with van der Waals surface area (Å²) >= 11 is 0. The van der Waals surface area contributed by atoms with Crippen LogP contribution >= 0.6 is 0 Å². The van der Waals surface area contributed by atoms with Crippen molar-refractivity contribution in [2.45, 2.75) is 57.0 Å². The van der Waals surface area contributed by atoms with Crippen molar-refractivity contribution in [2.24, 2.45) is 13.0 Å². The summed E-state index contributed by atoms with van der Waals surface area (Å²) in [5.74, 6) is -0.0847. The van der Waals surface area contributed by atoms with Gasteiger partial charge in [0.05, 0.1) is 0 Å². The zero-order chi connectivity index (χ0) is 16.4. The molecule has 1 saturated heterocycles. The summed E-state index contributed by atoms with van der Waals surface area (Å²) in [6, 6.07) is -1.10. The Morgan fingerprint density at radius 2 is 1.74 bits per heavy atom. The Hall–Kier alpha value is -2.05. The molecule has 1 aliphatic heterocycles. The molecule has 2 heterocycles. The molecule has 126 valence electrons. The van der Waals surface area contributed by atoms with Crippen molar-refractivity contribution >= 4 is 11.8 Å². The normalized spacial score (nSPS) is 26.5. The molecule has 0 spiro atoms. The van der Waals surface area contributed by atoms with E-state index in [2.05, 4.69) is 15.7 Å². The quantitative estimate of drug-likeness (QED) is 0.695. The number of aromatic amines is 1. The summed E-state index contributed by atoms with van der Waals surface area (Å²) in [4.78, 5) is 36.6. The van der Waals surface area contributed by atoms with Gasteiger partial charge in [0.1, 0.15) is 12.1 Å². The Morgan fingerprint density at radius 1 is 1.04 bits per heavy atom. The first kappa shape index (κ1) is 15.8. The zero-order valence-electron chi connectivity index (χ0n) is 13.4. The van der Waals surface area contributed by atoms with Gasteiger partial charge in [-0.1, -0.05) is 25.7 Å². The highest BCUT2D eigenvalue weighted by Gasteiger charge is 2.38. The van der Waals surface area contributed by atoms with Crippen LogP contribution in [0.1, 0.15) is 44.1 Å². The van der Waals surface area contributed by atoms with E-state index in [1.165, 1.54) is 17.5 Å². The molecule has 1 aromatic rings. The minimum Gasteiger partial charge on any atom is -0.342 e. The average molecular weight is 320 g/mol. The van der Waals surface area contributed by atoms with Gasteiger partial charge in [0.2, 0.25) is 11.8 Å². The topological polar surface area (TPSA) is 96.0 Å². The van der Waals surface area contributed by atoms with E-state index in [-0.39, 0.29) is 29.7 Å². The maximum Gasteiger partial charge on any atom is 0.269 e. The Kier molecular flexibility index (Phi) is 4.54. The summed E-state index contributed by atoms with van der Waals surface area (Å²) in [5, 5.41) is 8.48. The number of amides is 2. The minimum absolute atomic E-state index is 0.117. The number of carbonyl (C=O) groups excluding carboxylic acids is 2. The molecule has 2 amide bonds. The second-order valence-corrected chi connectivity index (χ2v) is 6.67. The molecule has 2 atom stereocenters. The number of rotatable bonds is 3. The van der Waals surface area contributed by atoms with Crippen molar-refractivity contribution < 1.29 is 9.59 Å². The zero-order valence-corrected chi connectivity index (χ0v) is 13.4. The third kappa shape index (κ3) is 3.33. The lowest BCUT2D eigenvalue weighted by Gasteiger charge is -2.33. The highest BCUT2D eigenvalue weighted by atomic mass is 16.2. The predicted octanol–water partition coefficient (Wildman–Crippen LogP) is 0.209. The SMILES string of the molecule is Cn1[nH]cc(C[C@@H]2NC(=O)C(C3CCCCCC3)NC2=O)c1=O. The van der Waals surface area contributed by atoms with Crippen LogP contribution < -0.4 is 16.2 Å². The summed E-state index contributed by atoms with van der Waals surface area (Å²) in [6.07, 6.45) is 8.42. The van der Waals surface area contributed by atoms with Gasteiger partial charge in [0.25, 0.3) is 5.56 Å². The molecule has 23 heavy (non-hydrogen) atoms. The molecular formula is C16H24N4O3. The fourth-order valence-corrected chi connectivity index (χ4v) is 3.64. The molecule has 0 radical (unpaired) electrons. The van der Waals surface area contributed by atoms with E-state index in [4.69, 9.17) is 0 Å². The van der Waals surface area contributed by atoms with Gasteiger partial charge >= 0.3 is 0 Å². The highest BCUT2D eigenvalue weighted by Crippen LogP contribution is 2.26. The molecule has 1 unspecified atom stereocenters. The third-order valence-electron chi connectivity index (χ3n) is 5.02. The number of hydrogen-bond donors (Lipinski definition) is 3. The Bertz CT molecular complexity index is 640. The number of H-pyrrole nitrogens is 1. The fraction of sp³-hybridized carbons (Fsp3) is 0.688. The van der Waals surface area contributed by atoms with Crippen molar-refractivity contribution in [3.63, 3.8) is 0 Å². The molecule has 2 fully saturated rings. The van der Waals surface area contributed by atoms with E-state index in [1.807, 2.05) is 0 Å². The van der Waals surface area contributed by atoms with Gasteiger partial charge in [-0.25, -0.2) is 0 Å². The number of hydrogen-bond acceptors (Lipinski definition) is 3. The van der Waals surface area contributed by atoms with Crippen LogP contribution in [0.5, 0.6) is 0 Å². The molecule has 1 saturated carbocycles. The van der Waals surface area contributed by atoms with Crippen molar-refractivity contribution in [3.8, 4) is 0 Å². The smallest absolute Gasteiger partial charge is 0.269 e. The largest absolute Gasteiger partial charge is 0.342 e. The predicted molar refractivity (Wildman–Crippen MR) is 84.8 cm³/mol. The molecule has 1 aliphatic carbocycles.